The Morgan fingerprint density at radius 2 is 1.66 bits per heavy atom. The van der Waals surface area contributed by atoms with Gasteiger partial charge in [-0.2, -0.15) is 0 Å². The molecule has 2 N–H and O–H groups in total. The number of aryl methyl sites for hydroxylation is 1. The predicted molar refractivity (Wildman–Crippen MR) is 128 cm³/mol. The van der Waals surface area contributed by atoms with Gasteiger partial charge in [0.2, 0.25) is 5.96 Å². The van der Waals surface area contributed by atoms with Gasteiger partial charge in [0.05, 0.1) is 11.6 Å². The van der Waals surface area contributed by atoms with Crippen LogP contribution in [-0.4, -0.2) is 14.4 Å². The van der Waals surface area contributed by atoms with Gasteiger partial charge in [-0.25, -0.2) is 18.1 Å². The van der Waals surface area contributed by atoms with Gasteiger partial charge >= 0.3 is 0 Å². The maximum Gasteiger partial charge on any atom is 0.266 e. The molecule has 0 fully saturated rings. The molecule has 4 rings (SSSR count). The molecule has 8 heteroatoms. The summed E-state index contributed by atoms with van der Waals surface area (Å²) in [5.74, 6) is 0.915. The van der Waals surface area contributed by atoms with Crippen molar-refractivity contribution in [3.63, 3.8) is 0 Å². The van der Waals surface area contributed by atoms with Crippen LogP contribution in [0.3, 0.4) is 0 Å². The monoisotopic (exact) mass is 469 g/mol. The summed E-state index contributed by atoms with van der Waals surface area (Å²) in [4.78, 5) is 4.52. The van der Waals surface area contributed by atoms with Gasteiger partial charge in [-0.3, -0.25) is 0 Å². The van der Waals surface area contributed by atoms with Crippen molar-refractivity contribution in [1.82, 2.24) is 4.72 Å². The molecule has 0 aromatic heterocycles. The van der Waals surface area contributed by atoms with E-state index in [9.17, 15) is 8.42 Å². The van der Waals surface area contributed by atoms with Crippen LogP contribution in [-0.2, 0) is 23.0 Å². The van der Waals surface area contributed by atoms with Crippen molar-refractivity contribution in [3.05, 3.63) is 82.9 Å². The lowest BCUT2D eigenvalue weighted by Crippen LogP contribution is -2.40. The van der Waals surface area contributed by atoms with Gasteiger partial charge in [0.25, 0.3) is 10.0 Å². The minimum absolute atomic E-state index is 0.0845. The molecule has 0 bridgehead atoms. The summed E-state index contributed by atoms with van der Waals surface area (Å²) >= 11 is 6.20. The molecule has 0 unspecified atom stereocenters. The van der Waals surface area contributed by atoms with Crippen molar-refractivity contribution in [3.8, 4) is 11.5 Å². The highest BCUT2D eigenvalue weighted by molar-refractivity contribution is 7.90. The van der Waals surface area contributed by atoms with Crippen LogP contribution in [0, 0.1) is 0 Å². The van der Waals surface area contributed by atoms with Crippen LogP contribution in [0.4, 0.5) is 5.69 Å². The van der Waals surface area contributed by atoms with Gasteiger partial charge in [-0.15, -0.1) is 0 Å². The van der Waals surface area contributed by atoms with Gasteiger partial charge < -0.3 is 10.1 Å². The molecule has 32 heavy (non-hydrogen) atoms. The lowest BCUT2D eigenvalue weighted by molar-refractivity contribution is 0.483. The maximum absolute atomic E-state index is 12.8. The van der Waals surface area contributed by atoms with E-state index >= 15 is 0 Å². The first-order valence-electron chi connectivity index (χ1n) is 10.4. The van der Waals surface area contributed by atoms with E-state index in [1.54, 1.807) is 36.4 Å². The normalized spacial score (nSPS) is 15.5. The van der Waals surface area contributed by atoms with E-state index in [-0.39, 0.29) is 10.9 Å². The largest absolute Gasteiger partial charge is 0.454 e. The smallest absolute Gasteiger partial charge is 0.266 e. The van der Waals surface area contributed by atoms with Crippen LogP contribution >= 0.6 is 11.6 Å². The summed E-state index contributed by atoms with van der Waals surface area (Å²) in [6.07, 6.45) is 3.37. The van der Waals surface area contributed by atoms with Crippen molar-refractivity contribution < 1.29 is 13.2 Å². The Bertz CT molecular complexity index is 1240. The van der Waals surface area contributed by atoms with E-state index in [0.717, 1.165) is 24.8 Å². The number of aliphatic imine (C=N–C) groups is 1. The Morgan fingerprint density at radius 3 is 2.41 bits per heavy atom. The van der Waals surface area contributed by atoms with E-state index in [2.05, 4.69) is 34.1 Å². The van der Waals surface area contributed by atoms with Gasteiger partial charge in [0, 0.05) is 0 Å². The number of unbranched alkanes of at least 4 members (excludes halogenated alkanes) is 1. The quantitative estimate of drug-likeness (QED) is 0.462. The van der Waals surface area contributed by atoms with Crippen LogP contribution in [0.25, 0.3) is 0 Å². The molecule has 1 aliphatic rings. The second-order valence-electron chi connectivity index (χ2n) is 7.48. The summed E-state index contributed by atoms with van der Waals surface area (Å²) in [7, 11) is -3.79. The fourth-order valence-electron chi connectivity index (χ4n) is 3.35. The fourth-order valence-corrected chi connectivity index (χ4v) is 4.68. The minimum Gasteiger partial charge on any atom is -0.454 e. The standard InChI is InChI=1S/C24H24ClN3O3S/c1-2-3-7-17-12-14-18(15-13-17)16-26-24-27-23-21(31-20-9-5-4-8-19(20)25)10-6-11-22(23)32(29,30)28-24/h4-6,8-15H,2-3,7,16H2,1H3,(H2,26,27,28). The molecular formula is C24H24ClN3O3S. The van der Waals surface area contributed by atoms with Crippen LogP contribution in [0.5, 0.6) is 11.5 Å². The van der Waals surface area contributed by atoms with E-state index in [1.807, 2.05) is 12.1 Å². The molecular weight excluding hydrogens is 446 g/mol. The number of hydrogen-bond donors (Lipinski definition) is 2. The van der Waals surface area contributed by atoms with Gasteiger partial charge in [-0.05, 0) is 48.2 Å². The summed E-state index contributed by atoms with van der Waals surface area (Å²) in [5, 5.41) is 3.49. The fraction of sp³-hybridized carbons (Fsp3) is 0.208. The molecule has 0 aliphatic carbocycles. The molecule has 1 aliphatic heterocycles. The molecule has 6 nitrogen and oxygen atoms in total. The topological polar surface area (TPSA) is 79.8 Å². The molecule has 166 valence electrons. The first-order valence-corrected chi connectivity index (χ1v) is 12.3. The summed E-state index contributed by atoms with van der Waals surface area (Å²) in [5.41, 5.74) is 2.60. The number of benzene rings is 3. The SMILES string of the molecule is CCCCc1ccc(CN=C2Nc3c(Oc4ccccc4Cl)cccc3S(=O)(=O)N2)cc1. The first-order chi connectivity index (χ1) is 15.5. The third-order valence-corrected chi connectivity index (χ3v) is 6.76. The summed E-state index contributed by atoms with van der Waals surface area (Å²) in [6, 6.07) is 20.1. The number of nitrogens with one attached hydrogen (secondary N) is 2. The zero-order chi connectivity index (χ0) is 22.6. The van der Waals surface area contributed by atoms with Crippen molar-refractivity contribution in [1.29, 1.82) is 0 Å². The molecule has 1 heterocycles. The molecule has 3 aromatic carbocycles. The molecule has 0 saturated heterocycles. The third-order valence-electron chi connectivity index (χ3n) is 5.07. The Labute approximate surface area is 193 Å². The number of anilines is 1. The van der Waals surface area contributed by atoms with Crippen LogP contribution < -0.4 is 14.8 Å². The molecule has 0 saturated carbocycles. The van der Waals surface area contributed by atoms with E-state index in [1.165, 1.54) is 11.6 Å². The zero-order valence-corrected chi connectivity index (χ0v) is 19.2. The summed E-state index contributed by atoms with van der Waals surface area (Å²) in [6.45, 7) is 2.51. The van der Waals surface area contributed by atoms with Crippen molar-refractivity contribution in [2.45, 2.75) is 37.6 Å². The molecule has 0 radical (unpaired) electrons. The second kappa shape index (κ2) is 9.63. The van der Waals surface area contributed by atoms with E-state index in [0.29, 0.717) is 28.8 Å². The number of para-hydroxylation sites is 2. The molecule has 0 amide bonds. The van der Waals surface area contributed by atoms with Crippen LogP contribution in [0.15, 0.2) is 76.6 Å². The van der Waals surface area contributed by atoms with Crippen LogP contribution in [0.2, 0.25) is 5.02 Å². The third kappa shape index (κ3) is 5.06. The Kier molecular flexibility index (Phi) is 6.67. The highest BCUT2D eigenvalue weighted by Crippen LogP contribution is 2.38. The molecule has 0 spiro atoms. The van der Waals surface area contributed by atoms with E-state index < -0.39 is 10.0 Å². The first kappa shape index (κ1) is 22.2. The number of guanidine groups is 1. The van der Waals surface area contributed by atoms with Gasteiger partial charge in [0.15, 0.2) is 5.75 Å². The average Bonchev–Trinajstić information content (AvgIpc) is 2.78. The number of hydrogen-bond acceptors (Lipinski definition) is 4. The Balaban J connectivity index is 1.57. The van der Waals surface area contributed by atoms with Crippen molar-refractivity contribution >= 4 is 33.3 Å². The lowest BCUT2D eigenvalue weighted by Gasteiger charge is -2.23. The predicted octanol–water partition coefficient (Wildman–Crippen LogP) is 5.73. The second-order valence-corrected chi connectivity index (χ2v) is 9.54. The highest BCUT2D eigenvalue weighted by atomic mass is 35.5. The highest BCUT2D eigenvalue weighted by Gasteiger charge is 2.29. The number of halogens is 1. The lowest BCUT2D eigenvalue weighted by atomic mass is 10.1. The van der Waals surface area contributed by atoms with Crippen LogP contribution in [0.1, 0.15) is 30.9 Å². The Morgan fingerprint density at radius 1 is 0.938 bits per heavy atom. The van der Waals surface area contributed by atoms with Crippen molar-refractivity contribution in [2.24, 2.45) is 4.99 Å². The number of sulfonamides is 1. The number of ether oxygens (including phenoxy) is 1. The van der Waals surface area contributed by atoms with E-state index in [4.69, 9.17) is 16.3 Å². The van der Waals surface area contributed by atoms with Crippen molar-refractivity contribution in [2.75, 3.05) is 5.32 Å². The molecule has 3 aromatic rings. The maximum atomic E-state index is 12.8. The van der Waals surface area contributed by atoms with Gasteiger partial charge in [-0.1, -0.05) is 67.4 Å². The Hall–Kier alpha value is -3.03. The van der Waals surface area contributed by atoms with Gasteiger partial charge in [0.1, 0.15) is 16.3 Å². The number of nitrogens with zero attached hydrogens (tertiary/aromatic N) is 1. The zero-order valence-electron chi connectivity index (χ0n) is 17.6. The number of rotatable bonds is 7. The summed E-state index contributed by atoms with van der Waals surface area (Å²) < 4.78 is 34.0. The number of fused-ring (bicyclic) bond motifs is 1. The minimum atomic E-state index is -3.79. The average molecular weight is 470 g/mol. The molecule has 0 atom stereocenters.